The van der Waals surface area contributed by atoms with Crippen LogP contribution in [0.25, 0.3) is 0 Å². The van der Waals surface area contributed by atoms with Gasteiger partial charge in [-0.2, -0.15) is 0 Å². The van der Waals surface area contributed by atoms with Crippen LogP contribution in [0.4, 0.5) is 0 Å². The van der Waals surface area contributed by atoms with Gasteiger partial charge in [-0.1, -0.05) is 187 Å². The average molecular weight is 861 g/mol. The molecule has 0 aromatic carbocycles. The lowest BCUT2D eigenvalue weighted by Crippen LogP contribution is -2.15. The molecule has 0 saturated carbocycles. The SMILES string of the molecule is CCCCCCCCCCCCCCCCCC(=O)OCCOCCOCCOCCOCCOCCOCCOCCOCCCCCCCCCCCCCCCC. The van der Waals surface area contributed by atoms with Gasteiger partial charge in [-0.3, -0.25) is 4.79 Å². The molecule has 0 radical (unpaired) electrons. The highest BCUT2D eigenvalue weighted by Crippen LogP contribution is 2.15. The van der Waals surface area contributed by atoms with Gasteiger partial charge in [0, 0.05) is 13.0 Å². The van der Waals surface area contributed by atoms with Crippen molar-refractivity contribution in [3.63, 3.8) is 0 Å². The van der Waals surface area contributed by atoms with Crippen molar-refractivity contribution >= 4 is 5.97 Å². The quantitative estimate of drug-likeness (QED) is 0.0434. The number of ether oxygens (including phenoxy) is 9. The second-order valence-electron chi connectivity index (χ2n) is 16.4. The molecule has 10 heteroatoms. The minimum atomic E-state index is -0.123. The van der Waals surface area contributed by atoms with Gasteiger partial charge in [0.15, 0.2) is 0 Å². The zero-order valence-corrected chi connectivity index (χ0v) is 39.8. The Morgan fingerprint density at radius 3 is 0.700 bits per heavy atom. The zero-order chi connectivity index (χ0) is 43.2. The Balaban J connectivity index is 3.12. The number of unbranched alkanes of at least 4 members (excludes halogenated alkanes) is 27. The van der Waals surface area contributed by atoms with Gasteiger partial charge in [-0.05, 0) is 12.8 Å². The summed E-state index contributed by atoms with van der Waals surface area (Å²) in [5.74, 6) is -0.123. The number of esters is 1. The van der Waals surface area contributed by atoms with E-state index in [1.165, 1.54) is 167 Å². The predicted octanol–water partition coefficient (Wildman–Crippen LogP) is 12.4. The maximum absolute atomic E-state index is 11.9. The lowest BCUT2D eigenvalue weighted by molar-refractivity contribution is -0.145. The van der Waals surface area contributed by atoms with Gasteiger partial charge in [0.1, 0.15) is 6.61 Å². The van der Waals surface area contributed by atoms with Crippen LogP contribution in [-0.2, 0) is 47.4 Å². The van der Waals surface area contributed by atoms with Crippen molar-refractivity contribution in [2.45, 2.75) is 206 Å². The van der Waals surface area contributed by atoms with Crippen LogP contribution in [0.2, 0.25) is 0 Å². The predicted molar refractivity (Wildman–Crippen MR) is 247 cm³/mol. The Kier molecular flexibility index (Phi) is 55.4. The molecule has 0 aromatic rings. The first-order valence-electron chi connectivity index (χ1n) is 25.6. The van der Waals surface area contributed by atoms with Crippen LogP contribution in [0.3, 0.4) is 0 Å². The molecule has 360 valence electrons. The van der Waals surface area contributed by atoms with Crippen molar-refractivity contribution in [2.75, 3.05) is 112 Å². The summed E-state index contributed by atoms with van der Waals surface area (Å²) in [6.45, 7) is 13.6. The van der Waals surface area contributed by atoms with Gasteiger partial charge < -0.3 is 42.6 Å². The molecule has 0 atom stereocenters. The van der Waals surface area contributed by atoms with E-state index >= 15 is 0 Å². The molecule has 0 N–H and O–H groups in total. The third-order valence-electron chi connectivity index (χ3n) is 10.7. The first-order valence-corrected chi connectivity index (χ1v) is 25.6. The van der Waals surface area contributed by atoms with Gasteiger partial charge in [0.25, 0.3) is 0 Å². The lowest BCUT2D eigenvalue weighted by atomic mass is 10.0. The third kappa shape index (κ3) is 55.2. The van der Waals surface area contributed by atoms with Crippen molar-refractivity contribution in [1.29, 1.82) is 0 Å². The molecular weight excluding hydrogens is 761 g/mol. The Bertz CT molecular complexity index is 773. The number of hydrogen-bond acceptors (Lipinski definition) is 10. The summed E-state index contributed by atoms with van der Waals surface area (Å²) in [6.07, 6.45) is 39.5. The van der Waals surface area contributed by atoms with E-state index in [0.29, 0.717) is 112 Å². The Morgan fingerprint density at radius 1 is 0.233 bits per heavy atom. The highest BCUT2D eigenvalue weighted by atomic mass is 16.6. The molecule has 0 heterocycles. The molecule has 0 aliphatic carbocycles. The number of hydrogen-bond donors (Lipinski definition) is 0. The van der Waals surface area contributed by atoms with E-state index in [1.807, 2.05) is 0 Å². The fourth-order valence-electron chi connectivity index (χ4n) is 6.97. The Labute approximate surface area is 371 Å². The highest BCUT2D eigenvalue weighted by Gasteiger charge is 2.03. The molecule has 0 aliphatic heterocycles. The van der Waals surface area contributed by atoms with Crippen LogP contribution >= 0.6 is 0 Å². The minimum absolute atomic E-state index is 0.123. The zero-order valence-electron chi connectivity index (χ0n) is 39.8. The number of rotatable bonds is 55. The smallest absolute Gasteiger partial charge is 0.305 e. The van der Waals surface area contributed by atoms with Gasteiger partial charge in [-0.15, -0.1) is 0 Å². The van der Waals surface area contributed by atoms with Crippen LogP contribution in [0.1, 0.15) is 206 Å². The van der Waals surface area contributed by atoms with E-state index < -0.39 is 0 Å². The Hall–Kier alpha value is -0.850. The largest absolute Gasteiger partial charge is 0.463 e. The van der Waals surface area contributed by atoms with E-state index in [1.54, 1.807) is 0 Å². The maximum atomic E-state index is 11.9. The molecular formula is C50H100O10. The Morgan fingerprint density at radius 2 is 0.433 bits per heavy atom. The van der Waals surface area contributed by atoms with Crippen molar-refractivity contribution in [3.8, 4) is 0 Å². The summed E-state index contributed by atoms with van der Waals surface area (Å²) in [6, 6.07) is 0. The monoisotopic (exact) mass is 861 g/mol. The summed E-state index contributed by atoms with van der Waals surface area (Å²) >= 11 is 0. The fraction of sp³-hybridized carbons (Fsp3) is 0.980. The lowest BCUT2D eigenvalue weighted by Gasteiger charge is -2.09. The second-order valence-corrected chi connectivity index (χ2v) is 16.4. The van der Waals surface area contributed by atoms with Crippen molar-refractivity contribution in [1.82, 2.24) is 0 Å². The van der Waals surface area contributed by atoms with E-state index in [0.717, 1.165) is 25.9 Å². The highest BCUT2D eigenvalue weighted by molar-refractivity contribution is 5.69. The number of carbonyl (C=O) groups excluding carboxylic acids is 1. The number of carbonyl (C=O) groups is 1. The van der Waals surface area contributed by atoms with Crippen LogP contribution in [0, 0.1) is 0 Å². The van der Waals surface area contributed by atoms with E-state index in [4.69, 9.17) is 42.6 Å². The topological polar surface area (TPSA) is 100 Å². The van der Waals surface area contributed by atoms with Crippen molar-refractivity contribution in [3.05, 3.63) is 0 Å². The van der Waals surface area contributed by atoms with Crippen molar-refractivity contribution in [2.24, 2.45) is 0 Å². The van der Waals surface area contributed by atoms with Gasteiger partial charge in [0.2, 0.25) is 0 Å². The summed E-state index contributed by atoms with van der Waals surface area (Å²) in [5, 5.41) is 0. The van der Waals surface area contributed by atoms with Crippen LogP contribution < -0.4 is 0 Å². The van der Waals surface area contributed by atoms with E-state index in [2.05, 4.69) is 13.8 Å². The molecule has 60 heavy (non-hydrogen) atoms. The van der Waals surface area contributed by atoms with Gasteiger partial charge in [-0.25, -0.2) is 0 Å². The molecule has 0 spiro atoms. The molecule has 0 rings (SSSR count). The molecule has 0 fully saturated rings. The van der Waals surface area contributed by atoms with E-state index in [9.17, 15) is 4.79 Å². The van der Waals surface area contributed by atoms with Crippen molar-refractivity contribution < 1.29 is 47.4 Å². The van der Waals surface area contributed by atoms with Gasteiger partial charge in [0.05, 0.1) is 99.1 Å². The van der Waals surface area contributed by atoms with Crippen LogP contribution in [0.5, 0.6) is 0 Å². The molecule has 0 saturated heterocycles. The standard InChI is InChI=1S/C50H100O10/c1-3-5-7-9-11-13-15-17-19-20-22-24-26-28-30-32-50(51)60-49-48-59-47-46-58-45-44-57-43-42-56-41-40-55-39-38-54-37-36-53-35-34-52-33-31-29-27-25-23-21-18-16-14-12-10-8-6-4-2/h3-49H2,1-2H3. The molecule has 10 nitrogen and oxygen atoms in total. The molecule has 0 bridgehead atoms. The summed E-state index contributed by atoms with van der Waals surface area (Å²) in [4.78, 5) is 11.9. The first kappa shape index (κ1) is 59.1. The summed E-state index contributed by atoms with van der Waals surface area (Å²) in [5.41, 5.74) is 0. The molecule has 0 aromatic heterocycles. The molecule has 0 amide bonds. The minimum Gasteiger partial charge on any atom is -0.463 e. The van der Waals surface area contributed by atoms with Gasteiger partial charge >= 0.3 is 5.97 Å². The fourth-order valence-corrected chi connectivity index (χ4v) is 6.97. The average Bonchev–Trinajstić information content (AvgIpc) is 3.25. The third-order valence-corrected chi connectivity index (χ3v) is 10.7. The first-order chi connectivity index (χ1) is 29.8. The molecule has 0 aliphatic rings. The molecule has 0 unspecified atom stereocenters. The second kappa shape index (κ2) is 56.2. The summed E-state index contributed by atoms with van der Waals surface area (Å²) in [7, 11) is 0. The van der Waals surface area contributed by atoms with Crippen LogP contribution in [0.15, 0.2) is 0 Å². The van der Waals surface area contributed by atoms with E-state index in [-0.39, 0.29) is 5.97 Å². The summed E-state index contributed by atoms with van der Waals surface area (Å²) < 4.78 is 49.7. The maximum Gasteiger partial charge on any atom is 0.305 e. The normalized spacial score (nSPS) is 11.6. The van der Waals surface area contributed by atoms with Crippen LogP contribution in [-0.4, -0.2) is 118 Å².